The zero-order valence-electron chi connectivity index (χ0n) is 15.0. The second-order valence-electron chi connectivity index (χ2n) is 6.49. The van der Waals surface area contributed by atoms with Crippen LogP contribution in [0.15, 0.2) is 29.2 Å². The number of fused-ring (bicyclic) bond motifs is 1. The first-order chi connectivity index (χ1) is 12.1. The van der Waals surface area contributed by atoms with E-state index in [1.165, 1.54) is 15.8 Å². The molecule has 0 saturated carbocycles. The lowest BCUT2D eigenvalue weighted by Gasteiger charge is -2.16. The van der Waals surface area contributed by atoms with Crippen molar-refractivity contribution in [3.63, 3.8) is 0 Å². The fourth-order valence-electron chi connectivity index (χ4n) is 3.26. The number of rotatable bonds is 7. The normalized spacial score (nSPS) is 17.5. The van der Waals surface area contributed by atoms with Crippen LogP contribution in [-0.2, 0) is 9.53 Å². The van der Waals surface area contributed by atoms with E-state index in [2.05, 4.69) is 42.8 Å². The van der Waals surface area contributed by atoms with E-state index in [1.54, 1.807) is 18.9 Å². The van der Waals surface area contributed by atoms with E-state index in [0.29, 0.717) is 25.5 Å². The van der Waals surface area contributed by atoms with Crippen molar-refractivity contribution in [2.45, 2.75) is 18.2 Å². The lowest BCUT2D eigenvalue weighted by atomic mass is 10.1. The Morgan fingerprint density at radius 2 is 2.24 bits per heavy atom. The number of aryl methyl sites for hydroxylation is 1. The topological polar surface area (TPSA) is 54.5 Å². The van der Waals surface area contributed by atoms with Crippen molar-refractivity contribution in [3.05, 3.63) is 29.8 Å². The molecule has 25 heavy (non-hydrogen) atoms. The lowest BCUT2D eigenvalue weighted by molar-refractivity contribution is -0.128. The van der Waals surface area contributed by atoms with Crippen molar-refractivity contribution >= 4 is 34.4 Å². The van der Waals surface area contributed by atoms with Crippen LogP contribution in [0.25, 0.3) is 10.9 Å². The first-order valence-electron chi connectivity index (χ1n) is 8.56. The molecule has 1 unspecified atom stereocenters. The summed E-state index contributed by atoms with van der Waals surface area (Å²) >= 11 is 1.72. The number of amides is 1. The maximum Gasteiger partial charge on any atom is 0.223 e. The van der Waals surface area contributed by atoms with Crippen molar-refractivity contribution in [2.75, 3.05) is 44.9 Å². The zero-order chi connectivity index (χ0) is 17.8. The molecule has 1 fully saturated rings. The molecule has 134 valence electrons. The third kappa shape index (κ3) is 4.25. The average Bonchev–Trinajstić information content (AvgIpc) is 2.97. The minimum atomic E-state index is 0.219. The van der Waals surface area contributed by atoms with E-state index >= 15 is 0 Å². The predicted octanol–water partition coefficient (Wildman–Crippen LogP) is 3.17. The average molecular weight is 359 g/mol. The number of carbonyl (C=O) groups is 1. The molecule has 5 nitrogen and oxygen atoms in total. The molecule has 1 aromatic heterocycles. The van der Waals surface area contributed by atoms with Gasteiger partial charge in [-0.05, 0) is 36.9 Å². The number of nitrogens with zero attached hydrogens (tertiary/aromatic N) is 2. The Balaban J connectivity index is 1.66. The van der Waals surface area contributed by atoms with Gasteiger partial charge in [0.1, 0.15) is 5.82 Å². The number of ether oxygens (including phenoxy) is 1. The van der Waals surface area contributed by atoms with Gasteiger partial charge in [-0.1, -0.05) is 6.07 Å². The van der Waals surface area contributed by atoms with Crippen LogP contribution < -0.4 is 5.32 Å². The maximum absolute atomic E-state index is 12.0. The van der Waals surface area contributed by atoms with Crippen molar-refractivity contribution in [1.29, 1.82) is 0 Å². The second-order valence-corrected chi connectivity index (χ2v) is 7.37. The summed E-state index contributed by atoms with van der Waals surface area (Å²) in [5.41, 5.74) is 2.22. The van der Waals surface area contributed by atoms with Gasteiger partial charge in [0.05, 0.1) is 12.1 Å². The molecule has 0 spiro atoms. The largest absolute Gasteiger partial charge is 0.383 e. The summed E-state index contributed by atoms with van der Waals surface area (Å²) in [5.74, 6) is 1.42. The smallest absolute Gasteiger partial charge is 0.223 e. The fraction of sp³-hybridized carbons (Fsp3) is 0.474. The Morgan fingerprint density at radius 1 is 1.40 bits per heavy atom. The number of nitrogens with one attached hydrogen (secondary N) is 1. The van der Waals surface area contributed by atoms with E-state index in [-0.39, 0.29) is 5.91 Å². The van der Waals surface area contributed by atoms with Crippen molar-refractivity contribution in [3.8, 4) is 0 Å². The maximum atomic E-state index is 12.0. The van der Waals surface area contributed by atoms with Gasteiger partial charge in [0.15, 0.2) is 0 Å². The SMILES string of the molecule is COCCN1CC(CNc2cc(C)c3ccc(SC)cc3n2)CC1=O. The van der Waals surface area contributed by atoms with Crippen LogP contribution in [0.1, 0.15) is 12.0 Å². The molecule has 0 radical (unpaired) electrons. The van der Waals surface area contributed by atoms with Gasteiger partial charge in [0.2, 0.25) is 5.91 Å². The summed E-state index contributed by atoms with van der Waals surface area (Å²) in [6, 6.07) is 8.48. The number of likely N-dealkylation sites (tertiary alicyclic amines) is 1. The molecular weight excluding hydrogens is 334 g/mol. The summed E-state index contributed by atoms with van der Waals surface area (Å²) < 4.78 is 5.07. The number of methoxy groups -OCH3 is 1. The molecule has 0 aliphatic carbocycles. The third-order valence-corrected chi connectivity index (χ3v) is 5.38. The van der Waals surface area contributed by atoms with E-state index in [9.17, 15) is 4.79 Å². The second kappa shape index (κ2) is 8.06. The third-order valence-electron chi connectivity index (χ3n) is 4.66. The van der Waals surface area contributed by atoms with Crippen LogP contribution >= 0.6 is 11.8 Å². The Bertz CT molecular complexity index is 766. The Hall–Kier alpha value is -1.79. The van der Waals surface area contributed by atoms with Gasteiger partial charge in [-0.2, -0.15) is 0 Å². The molecular formula is C19H25N3O2S. The Morgan fingerprint density at radius 3 is 3.00 bits per heavy atom. The fourth-order valence-corrected chi connectivity index (χ4v) is 3.69. The minimum Gasteiger partial charge on any atom is -0.383 e. The molecule has 2 aromatic rings. The number of benzene rings is 1. The molecule has 0 bridgehead atoms. The molecule has 1 saturated heterocycles. The highest BCUT2D eigenvalue weighted by molar-refractivity contribution is 7.98. The predicted molar refractivity (Wildman–Crippen MR) is 103 cm³/mol. The summed E-state index contributed by atoms with van der Waals surface area (Å²) in [7, 11) is 1.66. The van der Waals surface area contributed by atoms with Crippen LogP contribution in [0.5, 0.6) is 0 Å². The molecule has 2 heterocycles. The first kappa shape index (κ1) is 18.0. The number of aromatic nitrogens is 1. The molecule has 6 heteroatoms. The van der Waals surface area contributed by atoms with Crippen molar-refractivity contribution in [1.82, 2.24) is 9.88 Å². The highest BCUT2D eigenvalue weighted by Gasteiger charge is 2.28. The van der Waals surface area contributed by atoms with Crippen molar-refractivity contribution < 1.29 is 9.53 Å². The van der Waals surface area contributed by atoms with Gasteiger partial charge < -0.3 is 15.0 Å². The quantitative estimate of drug-likeness (QED) is 0.770. The number of carbonyl (C=O) groups excluding carboxylic acids is 1. The van der Waals surface area contributed by atoms with Crippen LogP contribution in [0.3, 0.4) is 0 Å². The van der Waals surface area contributed by atoms with E-state index in [4.69, 9.17) is 9.72 Å². The molecule has 1 aliphatic heterocycles. The number of hydrogen-bond donors (Lipinski definition) is 1. The van der Waals surface area contributed by atoms with Gasteiger partial charge in [0, 0.05) is 49.4 Å². The lowest BCUT2D eigenvalue weighted by Crippen LogP contribution is -2.29. The van der Waals surface area contributed by atoms with E-state index in [0.717, 1.165) is 24.4 Å². The zero-order valence-corrected chi connectivity index (χ0v) is 15.9. The molecule has 1 atom stereocenters. The number of hydrogen-bond acceptors (Lipinski definition) is 5. The van der Waals surface area contributed by atoms with E-state index in [1.807, 2.05) is 4.90 Å². The molecule has 1 aromatic carbocycles. The van der Waals surface area contributed by atoms with Crippen LogP contribution in [0.4, 0.5) is 5.82 Å². The minimum absolute atomic E-state index is 0.219. The molecule has 3 rings (SSSR count). The monoisotopic (exact) mass is 359 g/mol. The van der Waals surface area contributed by atoms with Gasteiger partial charge >= 0.3 is 0 Å². The highest BCUT2D eigenvalue weighted by atomic mass is 32.2. The standard InChI is InChI=1S/C19H25N3O2S/c1-13-8-18(21-17-10-15(25-3)4-5-16(13)17)20-11-14-9-19(23)22(12-14)6-7-24-2/h4-5,8,10,14H,6-7,9,11-12H2,1-3H3,(H,20,21). The Kier molecular flexibility index (Phi) is 5.81. The van der Waals surface area contributed by atoms with Crippen LogP contribution in [0.2, 0.25) is 0 Å². The van der Waals surface area contributed by atoms with Crippen LogP contribution in [-0.4, -0.2) is 55.4 Å². The molecule has 1 N–H and O–H groups in total. The number of pyridine rings is 1. The summed E-state index contributed by atoms with van der Waals surface area (Å²) in [6.07, 6.45) is 2.67. The number of anilines is 1. The highest BCUT2D eigenvalue weighted by Crippen LogP contribution is 2.25. The van der Waals surface area contributed by atoms with Gasteiger partial charge in [0.25, 0.3) is 0 Å². The van der Waals surface area contributed by atoms with Gasteiger partial charge in [-0.25, -0.2) is 4.98 Å². The van der Waals surface area contributed by atoms with Gasteiger partial charge in [-0.3, -0.25) is 4.79 Å². The summed E-state index contributed by atoms with van der Waals surface area (Å²) in [6.45, 7) is 4.93. The first-order valence-corrected chi connectivity index (χ1v) is 9.79. The summed E-state index contributed by atoms with van der Waals surface area (Å²) in [4.78, 5) is 19.9. The molecule has 1 amide bonds. The summed E-state index contributed by atoms with van der Waals surface area (Å²) in [5, 5.41) is 4.61. The molecule has 1 aliphatic rings. The van der Waals surface area contributed by atoms with Gasteiger partial charge in [-0.15, -0.1) is 11.8 Å². The number of thioether (sulfide) groups is 1. The van der Waals surface area contributed by atoms with Crippen LogP contribution in [0, 0.1) is 12.8 Å². The van der Waals surface area contributed by atoms with Crippen molar-refractivity contribution in [2.24, 2.45) is 5.92 Å². The Labute approximate surface area is 153 Å². The van der Waals surface area contributed by atoms with E-state index < -0.39 is 0 Å².